The van der Waals surface area contributed by atoms with Gasteiger partial charge in [0, 0.05) is 13.6 Å². The maximum absolute atomic E-state index is 9.57. The minimum atomic E-state index is 0.272. The molecule has 0 spiro atoms. The highest BCUT2D eigenvalue weighted by molar-refractivity contribution is 5.69. The van der Waals surface area contributed by atoms with Crippen LogP contribution < -0.4 is 5.32 Å². The van der Waals surface area contributed by atoms with Crippen LogP contribution in [0.3, 0.4) is 0 Å². The lowest BCUT2D eigenvalue weighted by Crippen LogP contribution is -2.05. The molecule has 4 aromatic rings. The van der Waals surface area contributed by atoms with Crippen LogP contribution in [0.5, 0.6) is 5.75 Å². The molecule has 27 heavy (non-hydrogen) atoms. The van der Waals surface area contributed by atoms with Crippen LogP contribution >= 0.6 is 0 Å². The van der Waals surface area contributed by atoms with Crippen molar-refractivity contribution in [2.75, 3.05) is 5.32 Å². The molecular weight excluding hydrogens is 334 g/mol. The summed E-state index contributed by atoms with van der Waals surface area (Å²) in [5.41, 5.74) is 5.58. The molecule has 134 valence electrons. The first kappa shape index (κ1) is 16.9. The minimum absolute atomic E-state index is 0.272. The average Bonchev–Trinajstić information content (AvgIpc) is 3.08. The molecule has 0 aliphatic carbocycles. The second-order valence-electron chi connectivity index (χ2n) is 6.49. The molecule has 1 aromatic heterocycles. The van der Waals surface area contributed by atoms with Gasteiger partial charge in [0.1, 0.15) is 5.75 Å². The summed E-state index contributed by atoms with van der Waals surface area (Å²) >= 11 is 0. The summed E-state index contributed by atoms with van der Waals surface area (Å²) in [5.74, 6) is 1.06. The fraction of sp³-hybridized carbons (Fsp3) is 0.0870. The summed E-state index contributed by atoms with van der Waals surface area (Å²) in [6, 6.07) is 26.1. The summed E-state index contributed by atoms with van der Waals surface area (Å²) in [5, 5.41) is 12.9. The van der Waals surface area contributed by atoms with Gasteiger partial charge in [0.05, 0.1) is 11.9 Å². The van der Waals surface area contributed by atoms with Gasteiger partial charge < -0.3 is 15.0 Å². The number of anilines is 1. The summed E-state index contributed by atoms with van der Waals surface area (Å²) in [7, 11) is 2.00. The summed E-state index contributed by atoms with van der Waals surface area (Å²) in [6.07, 6.45) is 1.88. The van der Waals surface area contributed by atoms with Crippen molar-refractivity contribution in [3.05, 3.63) is 90.6 Å². The van der Waals surface area contributed by atoms with Gasteiger partial charge >= 0.3 is 0 Å². The molecular formula is C23H21N3O. The van der Waals surface area contributed by atoms with Gasteiger partial charge in [-0.3, -0.25) is 0 Å². The van der Waals surface area contributed by atoms with E-state index in [1.807, 2.05) is 36.0 Å². The fourth-order valence-corrected chi connectivity index (χ4v) is 3.15. The van der Waals surface area contributed by atoms with Gasteiger partial charge in [-0.15, -0.1) is 0 Å². The van der Waals surface area contributed by atoms with Gasteiger partial charge in [0.2, 0.25) is 5.95 Å². The number of imidazole rings is 1. The van der Waals surface area contributed by atoms with Crippen molar-refractivity contribution < 1.29 is 5.11 Å². The van der Waals surface area contributed by atoms with E-state index in [4.69, 9.17) is 0 Å². The monoisotopic (exact) mass is 355 g/mol. The van der Waals surface area contributed by atoms with Crippen molar-refractivity contribution >= 4 is 5.95 Å². The van der Waals surface area contributed by atoms with Gasteiger partial charge in [0.15, 0.2) is 0 Å². The number of nitrogens with zero attached hydrogens (tertiary/aromatic N) is 2. The van der Waals surface area contributed by atoms with Crippen molar-refractivity contribution in [2.24, 2.45) is 7.05 Å². The van der Waals surface area contributed by atoms with E-state index in [0.29, 0.717) is 6.54 Å². The Labute approximate surface area is 158 Å². The zero-order valence-electron chi connectivity index (χ0n) is 15.1. The van der Waals surface area contributed by atoms with Crippen LogP contribution in [0.2, 0.25) is 0 Å². The number of aromatic hydroxyl groups is 1. The molecule has 2 N–H and O–H groups in total. The summed E-state index contributed by atoms with van der Waals surface area (Å²) < 4.78 is 2.04. The second kappa shape index (κ2) is 7.38. The highest BCUT2D eigenvalue weighted by Gasteiger charge is 2.09. The van der Waals surface area contributed by atoms with Crippen LogP contribution in [0.1, 0.15) is 5.56 Å². The molecule has 0 saturated carbocycles. The number of rotatable bonds is 5. The van der Waals surface area contributed by atoms with E-state index < -0.39 is 0 Å². The van der Waals surface area contributed by atoms with Crippen molar-refractivity contribution in [3.8, 4) is 28.1 Å². The fourth-order valence-electron chi connectivity index (χ4n) is 3.15. The molecule has 0 saturated heterocycles. The Balaban J connectivity index is 1.51. The van der Waals surface area contributed by atoms with Crippen molar-refractivity contribution in [3.63, 3.8) is 0 Å². The number of benzene rings is 3. The zero-order chi connectivity index (χ0) is 18.6. The predicted octanol–water partition coefficient (Wildman–Crippen LogP) is 5.07. The smallest absolute Gasteiger partial charge is 0.203 e. The van der Waals surface area contributed by atoms with Gasteiger partial charge in [-0.2, -0.15) is 0 Å². The highest BCUT2D eigenvalue weighted by atomic mass is 16.3. The van der Waals surface area contributed by atoms with Gasteiger partial charge in [-0.05, 0) is 34.4 Å². The van der Waals surface area contributed by atoms with E-state index in [9.17, 15) is 5.11 Å². The predicted molar refractivity (Wildman–Crippen MR) is 110 cm³/mol. The molecule has 4 heteroatoms. The third kappa shape index (κ3) is 3.70. The molecule has 3 aromatic carbocycles. The molecule has 0 aliphatic rings. The number of phenols is 1. The Morgan fingerprint density at radius 2 is 1.56 bits per heavy atom. The third-order valence-electron chi connectivity index (χ3n) is 4.64. The Morgan fingerprint density at radius 1 is 0.852 bits per heavy atom. The first-order chi connectivity index (χ1) is 13.2. The first-order valence-electron chi connectivity index (χ1n) is 8.90. The number of nitrogens with one attached hydrogen (secondary N) is 1. The van der Waals surface area contributed by atoms with Crippen LogP contribution in [0.4, 0.5) is 5.95 Å². The Hall–Kier alpha value is -3.53. The molecule has 4 nitrogen and oxygen atoms in total. The van der Waals surface area contributed by atoms with Crippen LogP contribution in [0.25, 0.3) is 22.4 Å². The van der Waals surface area contributed by atoms with Crippen molar-refractivity contribution in [2.45, 2.75) is 6.54 Å². The number of aromatic nitrogens is 2. The minimum Gasteiger partial charge on any atom is -0.508 e. The van der Waals surface area contributed by atoms with Crippen molar-refractivity contribution in [1.82, 2.24) is 9.55 Å². The average molecular weight is 355 g/mol. The topological polar surface area (TPSA) is 50.1 Å². The normalized spacial score (nSPS) is 10.7. The van der Waals surface area contributed by atoms with E-state index in [1.54, 1.807) is 12.1 Å². The molecule has 0 unspecified atom stereocenters. The third-order valence-corrected chi connectivity index (χ3v) is 4.64. The molecule has 0 radical (unpaired) electrons. The molecule has 0 aliphatic heterocycles. The second-order valence-corrected chi connectivity index (χ2v) is 6.49. The molecule has 0 atom stereocenters. The molecule has 0 fully saturated rings. The van der Waals surface area contributed by atoms with Gasteiger partial charge in [-0.25, -0.2) is 4.98 Å². The number of hydrogen-bond acceptors (Lipinski definition) is 3. The largest absolute Gasteiger partial charge is 0.508 e. The summed E-state index contributed by atoms with van der Waals surface area (Å²) in [6.45, 7) is 0.603. The zero-order valence-corrected chi connectivity index (χ0v) is 15.1. The SMILES string of the molecule is Cn1c(-c2ccc(-c3ccccc3)cc2)cnc1NCc1cccc(O)c1. The van der Waals surface area contributed by atoms with E-state index in [0.717, 1.165) is 22.8 Å². The lowest BCUT2D eigenvalue weighted by molar-refractivity contribution is 0.474. The van der Waals surface area contributed by atoms with Gasteiger partial charge in [-0.1, -0.05) is 66.7 Å². The van der Waals surface area contributed by atoms with E-state index in [1.165, 1.54) is 11.1 Å². The standard InChI is InChI=1S/C23H21N3O/c1-26-22(16-25-23(26)24-15-17-6-5-9-21(27)14-17)20-12-10-19(11-13-20)18-7-3-2-4-8-18/h2-14,16,27H,15H2,1H3,(H,24,25). The van der Waals surface area contributed by atoms with Crippen molar-refractivity contribution in [1.29, 1.82) is 0 Å². The maximum atomic E-state index is 9.57. The first-order valence-corrected chi connectivity index (χ1v) is 8.90. The van der Waals surface area contributed by atoms with E-state index in [2.05, 4.69) is 58.8 Å². The lowest BCUT2D eigenvalue weighted by Gasteiger charge is -2.09. The van der Waals surface area contributed by atoms with Crippen LogP contribution in [-0.2, 0) is 13.6 Å². The lowest BCUT2D eigenvalue weighted by atomic mass is 10.0. The van der Waals surface area contributed by atoms with Crippen LogP contribution in [0, 0.1) is 0 Å². The highest BCUT2D eigenvalue weighted by Crippen LogP contribution is 2.26. The molecule has 1 heterocycles. The summed E-state index contributed by atoms with van der Waals surface area (Å²) in [4.78, 5) is 4.50. The maximum Gasteiger partial charge on any atom is 0.203 e. The Bertz CT molecular complexity index is 1040. The Morgan fingerprint density at radius 3 is 2.30 bits per heavy atom. The van der Waals surface area contributed by atoms with Gasteiger partial charge in [0.25, 0.3) is 0 Å². The molecule has 4 rings (SSSR count). The van der Waals surface area contributed by atoms with E-state index in [-0.39, 0.29) is 5.75 Å². The quantitative estimate of drug-likeness (QED) is 0.525. The number of hydrogen-bond donors (Lipinski definition) is 2. The molecule has 0 amide bonds. The van der Waals surface area contributed by atoms with E-state index >= 15 is 0 Å². The molecule has 0 bridgehead atoms. The Kier molecular flexibility index (Phi) is 4.62. The number of phenolic OH excluding ortho intramolecular Hbond substituents is 1. The van der Waals surface area contributed by atoms with Crippen LogP contribution in [-0.4, -0.2) is 14.7 Å². The van der Waals surface area contributed by atoms with Crippen LogP contribution in [0.15, 0.2) is 85.1 Å².